The molecule has 694 valence electrons. The van der Waals surface area contributed by atoms with E-state index in [2.05, 4.69) is 54.6 Å². The smallest absolute Gasteiger partial charge is 0.471 e. The van der Waals surface area contributed by atoms with Crippen LogP contribution in [-0.4, -0.2) is 200 Å². The van der Waals surface area contributed by atoms with Gasteiger partial charge < -0.3 is 44.4 Å². The SMILES string of the molecule is C=CC(=O)N1CC(C)N(c2nc(=O)n(-c3c(C)ccnc3C(C)C)c3nc(-c4c(F)cccc4NC(=O)C(F)(F)F)c(Cl)cc23)CC1C.C=CC(=O)N1CC(C)N(c2nc(=O)n(-c3c(Cl)ccnc3C(C)C)c3nc(OC)c(-c4ccccc4F)cc23)CC1C.C=CC(=O)N1CC(C)N(c2nc(=O)n(-c3c(N(C)C)ccnc3C(C)C)c3nc(-c4ccccc4F)c(Cl)cc23)CC1C. The highest BCUT2D eigenvalue weighted by Crippen LogP contribution is 2.45. The Bertz CT molecular complexity index is 6810. The second kappa shape index (κ2) is 39.5. The van der Waals surface area contributed by atoms with Gasteiger partial charge in [0.25, 0.3) is 0 Å². The average Bonchev–Trinajstić information content (AvgIpc) is 0.736. The summed E-state index contributed by atoms with van der Waals surface area (Å²) in [6.45, 7) is 38.0. The number of aromatic nitrogens is 12. The van der Waals surface area contributed by atoms with E-state index in [1.54, 1.807) is 106 Å². The van der Waals surface area contributed by atoms with E-state index in [4.69, 9.17) is 49.5 Å². The minimum absolute atomic E-state index is 0.0248. The number of hydrogen-bond donors (Lipinski definition) is 1. The van der Waals surface area contributed by atoms with Gasteiger partial charge >= 0.3 is 29.2 Å². The number of aryl methyl sites for hydroxylation is 1. The number of nitrogens with one attached hydrogen (secondary N) is 1. The molecular formula is C96H99Cl3F6N20O8. The number of nitrogens with zero attached hydrogens (tertiary/aromatic N) is 19. The zero-order chi connectivity index (χ0) is 96.7. The maximum Gasteiger partial charge on any atom is 0.471 e. The number of piperazine rings is 3. The monoisotopic (exact) mass is 1880 g/mol. The largest absolute Gasteiger partial charge is 0.480 e. The number of methoxy groups -OCH3 is 1. The maximum atomic E-state index is 15.5. The molecule has 3 aromatic carbocycles. The molecule has 12 heterocycles. The molecule has 37 heteroatoms. The molecule has 15 rings (SSSR count). The fourth-order valence-corrected chi connectivity index (χ4v) is 17.8. The fraction of sp³-hybridized carbons (Fsp3) is 0.333. The number of halogens is 9. The number of amides is 4. The number of pyridine rings is 6. The van der Waals surface area contributed by atoms with Crippen molar-refractivity contribution in [2.24, 2.45) is 0 Å². The van der Waals surface area contributed by atoms with Gasteiger partial charge in [-0.15, -0.1) is 0 Å². The van der Waals surface area contributed by atoms with Crippen LogP contribution in [0.4, 0.5) is 55.2 Å². The number of alkyl halides is 3. The fourth-order valence-electron chi connectivity index (χ4n) is 17.1. The molecule has 3 saturated heterocycles. The second-order valence-electron chi connectivity index (χ2n) is 34.0. The third-order valence-electron chi connectivity index (χ3n) is 23.6. The summed E-state index contributed by atoms with van der Waals surface area (Å²) >= 11 is 20.3. The van der Waals surface area contributed by atoms with Gasteiger partial charge in [-0.3, -0.25) is 34.1 Å². The highest BCUT2D eigenvalue weighted by molar-refractivity contribution is 6.35. The molecule has 4 amide bonds. The van der Waals surface area contributed by atoms with Crippen LogP contribution in [0.2, 0.25) is 15.1 Å². The Morgan fingerprint density at radius 3 is 1.31 bits per heavy atom. The molecule has 6 unspecified atom stereocenters. The zero-order valence-corrected chi connectivity index (χ0v) is 78.3. The molecular weight excluding hydrogens is 1780 g/mol. The maximum absolute atomic E-state index is 15.5. The van der Waals surface area contributed by atoms with Crippen LogP contribution in [0.3, 0.4) is 0 Å². The summed E-state index contributed by atoms with van der Waals surface area (Å²) in [4.78, 5) is 146. The topological polar surface area (TPSA) is 294 Å². The summed E-state index contributed by atoms with van der Waals surface area (Å²) in [6, 6.07) is 24.4. The van der Waals surface area contributed by atoms with E-state index in [0.717, 1.165) is 23.9 Å². The summed E-state index contributed by atoms with van der Waals surface area (Å²) in [6.07, 6.45) is 3.48. The summed E-state index contributed by atoms with van der Waals surface area (Å²) in [5.74, 6) is -4.01. The lowest BCUT2D eigenvalue weighted by Gasteiger charge is -2.44. The Labute approximate surface area is 777 Å². The van der Waals surface area contributed by atoms with Gasteiger partial charge in [-0.1, -0.05) is 132 Å². The van der Waals surface area contributed by atoms with E-state index in [1.807, 2.05) is 123 Å². The average molecular weight is 1880 g/mol. The van der Waals surface area contributed by atoms with Crippen molar-refractivity contribution < 1.29 is 50.3 Å². The third-order valence-corrected chi connectivity index (χ3v) is 24.5. The normalized spacial score (nSPS) is 17.0. The molecule has 0 saturated carbocycles. The van der Waals surface area contributed by atoms with E-state index >= 15 is 13.2 Å². The molecule has 9 aromatic heterocycles. The Balaban J connectivity index is 0.000000170. The van der Waals surface area contributed by atoms with Gasteiger partial charge in [0.2, 0.25) is 23.6 Å². The quantitative estimate of drug-likeness (QED) is 0.0616. The van der Waals surface area contributed by atoms with Crippen LogP contribution < -0.4 is 46.7 Å². The number of rotatable bonds is 18. The number of ether oxygens (including phenoxy) is 1. The molecule has 28 nitrogen and oxygen atoms in total. The van der Waals surface area contributed by atoms with Crippen molar-refractivity contribution in [1.82, 2.24) is 73.3 Å². The lowest BCUT2D eigenvalue weighted by atomic mass is 10.0. The van der Waals surface area contributed by atoms with Crippen molar-refractivity contribution in [2.75, 3.05) is 85.4 Å². The summed E-state index contributed by atoms with van der Waals surface area (Å²) < 4.78 is 95.0. The van der Waals surface area contributed by atoms with Gasteiger partial charge in [0.1, 0.15) is 34.9 Å². The summed E-state index contributed by atoms with van der Waals surface area (Å²) in [5, 5.41) is 3.34. The predicted molar refractivity (Wildman–Crippen MR) is 507 cm³/mol. The zero-order valence-electron chi connectivity index (χ0n) is 76.0. The third kappa shape index (κ3) is 19.1. The van der Waals surface area contributed by atoms with Gasteiger partial charge in [0, 0.05) is 125 Å². The number of carbonyl (C=O) groups excluding carboxylic acids is 4. The molecule has 1 N–H and O–H groups in total. The van der Waals surface area contributed by atoms with Crippen molar-refractivity contribution in [3.63, 3.8) is 0 Å². The van der Waals surface area contributed by atoms with Crippen LogP contribution in [0, 0.1) is 24.4 Å². The number of anilines is 5. The van der Waals surface area contributed by atoms with Crippen LogP contribution in [-0.2, 0) is 19.2 Å². The number of benzene rings is 3. The first-order chi connectivity index (χ1) is 63.0. The minimum Gasteiger partial charge on any atom is -0.480 e. The van der Waals surface area contributed by atoms with Crippen molar-refractivity contribution in [3.8, 4) is 56.6 Å². The van der Waals surface area contributed by atoms with Gasteiger partial charge in [0.15, 0.2) is 16.9 Å². The number of carbonyl (C=O) groups is 4. The first kappa shape index (κ1) is 97.1. The van der Waals surface area contributed by atoms with Crippen molar-refractivity contribution in [2.45, 2.75) is 150 Å². The lowest BCUT2D eigenvalue weighted by molar-refractivity contribution is -0.167. The number of fused-ring (bicyclic) bond motifs is 3. The van der Waals surface area contributed by atoms with Crippen molar-refractivity contribution >= 4 is 120 Å². The standard InChI is InChI=1S/C33H32ClF4N7O3.C32H35ClFN7O2.C31H32ClFN6O3/c1-7-24(46)43-14-19(6)44(15-18(43)5)29-20-13-21(34)27(25-22(35)9-8-10-23(25)40-31(47)33(36,37)38)41-30(20)45(32(48)42-29)28-17(4)11-12-39-26(28)16(2)3;1-8-26(42)39-16-20(5)40(17-19(39)4)30-22-15-23(33)28(21-11-9-10-12-24(21)34)36-31(22)41(32(43)37-30)29-25(38(6)7)13-14-35-27(29)18(2)3;1-7-25(40)37-15-19(5)38(16-18(37)4)28-22-14-21(20-10-8-9-11-24(20)33)30(42-6)35-29(22)39(31(41)36-28)27-23(32)12-13-34-26(27)17(2)3/h7-13,16,18-19H,1,14-15H2,2-6H3,(H,40,47);8-15,18-20H,1,16-17H2,2-7H3;7-14,17-19H,1,15-16H2,2-6H3. The molecule has 0 aliphatic carbocycles. The van der Waals surface area contributed by atoms with Crippen LogP contribution >= 0.6 is 34.8 Å². The Morgan fingerprint density at radius 1 is 0.474 bits per heavy atom. The molecule has 6 atom stereocenters. The van der Waals surface area contributed by atoms with Gasteiger partial charge in [-0.05, 0) is 157 Å². The first-order valence-electron chi connectivity index (χ1n) is 42.9. The second-order valence-corrected chi connectivity index (χ2v) is 35.2. The first-order valence-corrected chi connectivity index (χ1v) is 44.0. The van der Waals surface area contributed by atoms with E-state index < -0.39 is 57.9 Å². The Hall–Kier alpha value is -13.5. The van der Waals surface area contributed by atoms with Crippen molar-refractivity contribution in [1.29, 1.82) is 0 Å². The van der Waals surface area contributed by atoms with Crippen LogP contribution in [0.15, 0.2) is 174 Å². The molecule has 3 aliphatic rings. The molecule has 0 radical (unpaired) electrons. The van der Waals surface area contributed by atoms with Crippen LogP contribution in [0.25, 0.3) is 83.8 Å². The number of hydrogen-bond acceptors (Lipinski definition) is 21. The molecule has 3 fully saturated rings. The van der Waals surface area contributed by atoms with Gasteiger partial charge in [0.05, 0.1) is 101 Å². The van der Waals surface area contributed by atoms with Gasteiger partial charge in [-0.25, -0.2) is 51.2 Å². The minimum atomic E-state index is -5.26. The van der Waals surface area contributed by atoms with E-state index in [0.29, 0.717) is 98.9 Å². The van der Waals surface area contributed by atoms with Crippen LogP contribution in [0.1, 0.15) is 123 Å². The lowest BCUT2D eigenvalue weighted by Crippen LogP contribution is -2.58. The predicted octanol–water partition coefficient (Wildman–Crippen LogP) is 17.0. The van der Waals surface area contributed by atoms with Crippen LogP contribution in [0.5, 0.6) is 5.88 Å². The summed E-state index contributed by atoms with van der Waals surface area (Å²) in [7, 11) is 5.22. The van der Waals surface area contributed by atoms with E-state index in [9.17, 15) is 46.7 Å². The molecule has 0 bridgehead atoms. The van der Waals surface area contributed by atoms with Crippen molar-refractivity contribution in [3.05, 3.63) is 246 Å². The Morgan fingerprint density at radius 2 is 0.865 bits per heavy atom. The van der Waals surface area contributed by atoms with E-state index in [-0.39, 0.29) is 151 Å². The highest BCUT2D eigenvalue weighted by atomic mass is 35.5. The van der Waals surface area contributed by atoms with E-state index in [1.165, 1.54) is 57.2 Å². The highest BCUT2D eigenvalue weighted by Gasteiger charge is 2.42. The molecule has 133 heavy (non-hydrogen) atoms. The summed E-state index contributed by atoms with van der Waals surface area (Å²) in [5.41, 5.74) is 2.86. The van der Waals surface area contributed by atoms with Gasteiger partial charge in [-0.2, -0.15) is 33.1 Å². The molecule has 3 aliphatic heterocycles. The Kier molecular flexibility index (Phi) is 28.8. The molecule has 12 aromatic rings. The molecule has 0 spiro atoms.